The number of para-hydroxylation sites is 1. The van der Waals surface area contributed by atoms with E-state index in [2.05, 4.69) is 10.3 Å². The van der Waals surface area contributed by atoms with E-state index in [0.717, 1.165) is 17.7 Å². The number of hydrogen-bond acceptors (Lipinski definition) is 3. The first-order valence-electron chi connectivity index (χ1n) is 8.04. The first kappa shape index (κ1) is 16.2. The topological polar surface area (TPSA) is 62.3 Å². The fourth-order valence-electron chi connectivity index (χ4n) is 2.77. The summed E-state index contributed by atoms with van der Waals surface area (Å²) in [4.78, 5) is 31.1. The molecule has 5 nitrogen and oxygen atoms in total. The van der Waals surface area contributed by atoms with Crippen LogP contribution >= 0.6 is 0 Å². The lowest BCUT2D eigenvalue weighted by molar-refractivity contribution is 0.0914. The molecule has 0 spiro atoms. The molecule has 2 heterocycles. The van der Waals surface area contributed by atoms with Crippen molar-refractivity contribution in [3.8, 4) is 0 Å². The van der Waals surface area contributed by atoms with Gasteiger partial charge in [0.1, 0.15) is 11.4 Å². The molecule has 0 bridgehead atoms. The molecule has 1 N–H and O–H groups in total. The summed E-state index contributed by atoms with van der Waals surface area (Å²) in [5.74, 6) is -0.454. The second kappa shape index (κ2) is 6.07. The lowest BCUT2D eigenvalue weighted by Crippen LogP contribution is -2.41. The van der Waals surface area contributed by atoms with Crippen molar-refractivity contribution in [3.63, 3.8) is 0 Å². The molecule has 1 aliphatic heterocycles. The Morgan fingerprint density at radius 1 is 1.04 bits per heavy atom. The Morgan fingerprint density at radius 3 is 2.50 bits per heavy atom. The fourth-order valence-corrected chi connectivity index (χ4v) is 2.77. The van der Waals surface area contributed by atoms with Gasteiger partial charge in [-0.3, -0.25) is 9.59 Å². The molecule has 0 fully saturated rings. The van der Waals surface area contributed by atoms with E-state index in [9.17, 15) is 9.59 Å². The van der Waals surface area contributed by atoms with Gasteiger partial charge in [-0.1, -0.05) is 24.3 Å². The van der Waals surface area contributed by atoms with Crippen molar-refractivity contribution >= 4 is 17.5 Å². The molecule has 1 aliphatic rings. The van der Waals surface area contributed by atoms with Crippen LogP contribution in [0.15, 0.2) is 42.5 Å². The van der Waals surface area contributed by atoms with Crippen molar-refractivity contribution in [1.29, 1.82) is 0 Å². The Morgan fingerprint density at radius 2 is 1.75 bits per heavy atom. The van der Waals surface area contributed by atoms with Crippen LogP contribution in [-0.4, -0.2) is 28.9 Å². The number of carbonyl (C=O) groups is 2. The van der Waals surface area contributed by atoms with Gasteiger partial charge in [-0.15, -0.1) is 0 Å². The maximum Gasteiger partial charge on any atom is 0.276 e. The summed E-state index contributed by atoms with van der Waals surface area (Å²) in [6, 6.07) is 12.8. The highest BCUT2D eigenvalue weighted by atomic mass is 16.2. The standard InChI is InChI=1S/C19H21N3O2/c1-19(2,3)21-17(23)14-8-6-9-15(20-14)18(24)22-12-11-13-7-4-5-10-16(13)22/h4-10H,11-12H2,1-3H3,(H,21,23). The van der Waals surface area contributed by atoms with Crippen molar-refractivity contribution in [1.82, 2.24) is 10.3 Å². The van der Waals surface area contributed by atoms with E-state index in [1.165, 1.54) is 0 Å². The van der Waals surface area contributed by atoms with Crippen molar-refractivity contribution in [2.24, 2.45) is 0 Å². The maximum atomic E-state index is 12.8. The van der Waals surface area contributed by atoms with Crippen LogP contribution in [0.5, 0.6) is 0 Å². The highest BCUT2D eigenvalue weighted by molar-refractivity contribution is 6.06. The summed E-state index contributed by atoms with van der Waals surface area (Å²) in [7, 11) is 0. The van der Waals surface area contributed by atoms with Crippen LogP contribution in [0.2, 0.25) is 0 Å². The molecule has 124 valence electrons. The summed E-state index contributed by atoms with van der Waals surface area (Å²) in [5.41, 5.74) is 2.27. The summed E-state index contributed by atoms with van der Waals surface area (Å²) in [6.45, 7) is 6.35. The van der Waals surface area contributed by atoms with Crippen molar-refractivity contribution < 1.29 is 9.59 Å². The number of nitrogens with one attached hydrogen (secondary N) is 1. The van der Waals surface area contributed by atoms with Crippen molar-refractivity contribution in [3.05, 3.63) is 59.4 Å². The molecule has 24 heavy (non-hydrogen) atoms. The monoisotopic (exact) mass is 323 g/mol. The highest BCUT2D eigenvalue weighted by Crippen LogP contribution is 2.28. The van der Waals surface area contributed by atoms with E-state index in [1.54, 1.807) is 23.1 Å². The third-order valence-electron chi connectivity index (χ3n) is 3.82. The highest BCUT2D eigenvalue weighted by Gasteiger charge is 2.26. The molecule has 2 amide bonds. The number of nitrogens with zero attached hydrogens (tertiary/aromatic N) is 2. The van der Waals surface area contributed by atoms with Crippen LogP contribution in [0.25, 0.3) is 0 Å². The maximum absolute atomic E-state index is 12.8. The first-order chi connectivity index (χ1) is 11.3. The van der Waals surface area contributed by atoms with Crippen molar-refractivity contribution in [2.45, 2.75) is 32.7 Å². The Kier molecular flexibility index (Phi) is 4.09. The van der Waals surface area contributed by atoms with Gasteiger partial charge in [-0.25, -0.2) is 4.98 Å². The molecular weight excluding hydrogens is 302 g/mol. The van der Waals surface area contributed by atoms with Gasteiger partial charge in [0.15, 0.2) is 0 Å². The van der Waals surface area contributed by atoms with Gasteiger partial charge in [0, 0.05) is 17.8 Å². The second-order valence-corrected chi connectivity index (χ2v) is 6.95. The molecule has 0 atom stereocenters. The average molecular weight is 323 g/mol. The van der Waals surface area contributed by atoms with Crippen LogP contribution in [0.1, 0.15) is 47.3 Å². The minimum atomic E-state index is -0.354. The summed E-state index contributed by atoms with van der Waals surface area (Å²) in [6.07, 6.45) is 0.839. The first-order valence-corrected chi connectivity index (χ1v) is 8.04. The quantitative estimate of drug-likeness (QED) is 0.924. The smallest absolute Gasteiger partial charge is 0.276 e. The molecule has 2 aromatic rings. The van der Waals surface area contributed by atoms with E-state index >= 15 is 0 Å². The zero-order valence-electron chi connectivity index (χ0n) is 14.2. The lowest BCUT2D eigenvalue weighted by Gasteiger charge is -2.20. The SMILES string of the molecule is CC(C)(C)NC(=O)c1cccc(C(=O)N2CCc3ccccc32)n1. The van der Waals surface area contributed by atoms with Gasteiger partial charge in [0.2, 0.25) is 0 Å². The lowest BCUT2D eigenvalue weighted by atomic mass is 10.1. The minimum absolute atomic E-state index is 0.176. The molecule has 1 aromatic heterocycles. The van der Waals surface area contributed by atoms with Gasteiger partial charge in [-0.2, -0.15) is 0 Å². The zero-order valence-corrected chi connectivity index (χ0v) is 14.2. The number of aromatic nitrogens is 1. The second-order valence-electron chi connectivity index (χ2n) is 6.95. The van der Waals surface area contributed by atoms with E-state index in [-0.39, 0.29) is 28.7 Å². The van der Waals surface area contributed by atoms with Gasteiger partial charge in [0.05, 0.1) is 0 Å². The van der Waals surface area contributed by atoms with E-state index in [1.807, 2.05) is 45.0 Å². The molecule has 0 saturated carbocycles. The molecular formula is C19H21N3O2. The number of anilines is 1. The molecule has 1 aromatic carbocycles. The number of carbonyl (C=O) groups excluding carboxylic acids is 2. The number of benzene rings is 1. The van der Waals surface area contributed by atoms with Crippen LogP contribution in [-0.2, 0) is 6.42 Å². The van der Waals surface area contributed by atoms with Crippen molar-refractivity contribution in [2.75, 3.05) is 11.4 Å². The van der Waals surface area contributed by atoms with Crippen LogP contribution in [0, 0.1) is 0 Å². The third-order valence-corrected chi connectivity index (χ3v) is 3.82. The number of rotatable bonds is 2. The molecule has 3 rings (SSSR count). The molecule has 0 radical (unpaired) electrons. The number of amides is 2. The Bertz CT molecular complexity index is 793. The Labute approximate surface area is 141 Å². The van der Waals surface area contributed by atoms with Gasteiger partial charge in [0.25, 0.3) is 11.8 Å². The van der Waals surface area contributed by atoms with Crippen LogP contribution in [0.4, 0.5) is 5.69 Å². The van der Waals surface area contributed by atoms with Gasteiger partial charge < -0.3 is 10.2 Å². The van der Waals surface area contributed by atoms with E-state index in [4.69, 9.17) is 0 Å². The zero-order chi connectivity index (χ0) is 17.3. The summed E-state index contributed by atoms with van der Waals surface area (Å²) >= 11 is 0. The fraction of sp³-hybridized carbons (Fsp3) is 0.316. The minimum Gasteiger partial charge on any atom is -0.346 e. The molecule has 0 aliphatic carbocycles. The Balaban J connectivity index is 1.85. The number of pyridine rings is 1. The predicted molar refractivity (Wildman–Crippen MR) is 93.3 cm³/mol. The number of fused-ring (bicyclic) bond motifs is 1. The van der Waals surface area contributed by atoms with E-state index in [0.29, 0.717) is 6.54 Å². The van der Waals surface area contributed by atoms with E-state index < -0.39 is 0 Å². The predicted octanol–water partition coefficient (Wildman–Crippen LogP) is 2.81. The number of hydrogen-bond donors (Lipinski definition) is 1. The molecule has 0 unspecified atom stereocenters. The average Bonchev–Trinajstić information content (AvgIpc) is 2.97. The van der Waals surface area contributed by atoms with Gasteiger partial charge in [-0.05, 0) is 51.0 Å². The Hall–Kier alpha value is -2.69. The summed E-state index contributed by atoms with van der Waals surface area (Å²) < 4.78 is 0. The summed E-state index contributed by atoms with van der Waals surface area (Å²) in [5, 5.41) is 2.86. The largest absolute Gasteiger partial charge is 0.346 e. The molecule has 5 heteroatoms. The normalized spacial score (nSPS) is 13.5. The third kappa shape index (κ3) is 3.30. The van der Waals surface area contributed by atoms with Crippen LogP contribution in [0.3, 0.4) is 0 Å². The van der Waals surface area contributed by atoms with Crippen LogP contribution < -0.4 is 10.2 Å². The van der Waals surface area contributed by atoms with Gasteiger partial charge >= 0.3 is 0 Å². The molecule has 0 saturated heterocycles.